The van der Waals surface area contributed by atoms with E-state index in [0.717, 1.165) is 0 Å². The molecule has 0 unspecified atom stereocenters. The zero-order valence-electron chi connectivity index (χ0n) is 5.96. The highest BCUT2D eigenvalue weighted by molar-refractivity contribution is 9.08. The Kier molecular flexibility index (Phi) is 1.60. The Morgan fingerprint density at radius 2 is 2.18 bits per heavy atom. The largest absolute Gasteiger partial charge is 0.268 e. The molecule has 1 aliphatic carbocycles. The Bertz CT molecular complexity index is 327. The second kappa shape index (κ2) is 2.48. The summed E-state index contributed by atoms with van der Waals surface area (Å²) in [6, 6.07) is 3.51. The van der Waals surface area contributed by atoms with Crippen molar-refractivity contribution in [2.24, 2.45) is 0 Å². The molecule has 3 heteroatoms. The van der Waals surface area contributed by atoms with E-state index in [1.807, 2.05) is 12.3 Å². The lowest BCUT2D eigenvalue weighted by molar-refractivity contribution is 1.05. The van der Waals surface area contributed by atoms with Crippen molar-refractivity contribution in [3.05, 3.63) is 34.2 Å². The summed E-state index contributed by atoms with van der Waals surface area (Å²) in [6.07, 6.45) is 4.40. The molecule has 1 saturated carbocycles. The first kappa shape index (κ1) is 7.10. The summed E-state index contributed by atoms with van der Waals surface area (Å²) in [4.78, 5) is 10.9. The molecular formula is C8H8BrNO. The van der Waals surface area contributed by atoms with E-state index in [-0.39, 0.29) is 5.56 Å². The lowest BCUT2D eigenvalue weighted by Gasteiger charge is -1.97. The number of halogens is 1. The van der Waals surface area contributed by atoms with Gasteiger partial charge in [0, 0.05) is 12.3 Å². The first-order valence-electron chi connectivity index (χ1n) is 3.66. The lowest BCUT2D eigenvalue weighted by atomic mass is 10.2. The number of pyridine rings is 1. The third-order valence-corrected chi connectivity index (χ3v) is 2.49. The summed E-state index contributed by atoms with van der Waals surface area (Å²) >= 11 is 3.15. The van der Waals surface area contributed by atoms with Crippen molar-refractivity contribution in [1.29, 1.82) is 0 Å². The van der Waals surface area contributed by atoms with Crippen LogP contribution in [0.5, 0.6) is 0 Å². The van der Waals surface area contributed by atoms with Gasteiger partial charge in [0.25, 0.3) is 5.56 Å². The molecule has 58 valence electrons. The predicted octanol–water partition coefficient (Wildman–Crippen LogP) is 1.88. The minimum Gasteiger partial charge on any atom is -0.268 e. The summed E-state index contributed by atoms with van der Waals surface area (Å²) < 4.78 is 1.46. The maximum atomic E-state index is 10.9. The van der Waals surface area contributed by atoms with Crippen molar-refractivity contribution >= 4 is 16.1 Å². The molecule has 0 radical (unpaired) electrons. The highest BCUT2D eigenvalue weighted by Gasteiger charge is 2.23. The molecule has 0 saturated heterocycles. The van der Waals surface area contributed by atoms with Gasteiger partial charge in [-0.15, -0.1) is 0 Å². The molecule has 2 rings (SSSR count). The van der Waals surface area contributed by atoms with Gasteiger partial charge in [-0.3, -0.25) is 4.79 Å². The van der Waals surface area contributed by atoms with Gasteiger partial charge in [0.15, 0.2) is 0 Å². The first-order chi connectivity index (χ1) is 5.27. The van der Waals surface area contributed by atoms with Gasteiger partial charge in [0.05, 0.1) is 16.1 Å². The predicted molar refractivity (Wildman–Crippen MR) is 47.0 cm³/mol. The van der Waals surface area contributed by atoms with Crippen molar-refractivity contribution in [2.45, 2.75) is 18.8 Å². The van der Waals surface area contributed by atoms with Crippen LogP contribution in [0.15, 0.2) is 23.1 Å². The molecule has 0 N–H and O–H groups in total. The highest BCUT2D eigenvalue weighted by Crippen LogP contribution is 2.39. The van der Waals surface area contributed by atoms with Crippen LogP contribution in [-0.4, -0.2) is 3.59 Å². The van der Waals surface area contributed by atoms with Crippen LogP contribution < -0.4 is 5.56 Å². The topological polar surface area (TPSA) is 22.0 Å². The maximum absolute atomic E-state index is 10.9. The van der Waals surface area contributed by atoms with Crippen molar-refractivity contribution in [3.8, 4) is 0 Å². The van der Waals surface area contributed by atoms with Gasteiger partial charge in [-0.1, -0.05) is 6.07 Å². The van der Waals surface area contributed by atoms with Gasteiger partial charge in [-0.25, -0.2) is 3.59 Å². The van der Waals surface area contributed by atoms with Gasteiger partial charge in [0.2, 0.25) is 0 Å². The lowest BCUT2D eigenvalue weighted by Crippen LogP contribution is -2.09. The molecule has 0 aromatic carbocycles. The standard InChI is InChI=1S/C8H8BrNO/c9-10-5-7(6-1-2-6)3-4-8(10)11/h3-6H,1-2H2. The van der Waals surface area contributed by atoms with Gasteiger partial charge in [0.1, 0.15) is 0 Å². The summed E-state index contributed by atoms with van der Waals surface area (Å²) in [7, 11) is 0. The third kappa shape index (κ3) is 1.38. The van der Waals surface area contributed by atoms with Crippen molar-refractivity contribution in [3.63, 3.8) is 0 Å². The zero-order valence-corrected chi connectivity index (χ0v) is 7.54. The summed E-state index contributed by atoms with van der Waals surface area (Å²) in [5.41, 5.74) is 1.26. The van der Waals surface area contributed by atoms with Crippen LogP contribution in [0, 0.1) is 0 Å². The summed E-state index contributed by atoms with van der Waals surface area (Å²) in [6.45, 7) is 0. The molecule has 0 atom stereocenters. The van der Waals surface area contributed by atoms with E-state index >= 15 is 0 Å². The van der Waals surface area contributed by atoms with Gasteiger partial charge >= 0.3 is 0 Å². The Morgan fingerprint density at radius 3 is 2.73 bits per heavy atom. The van der Waals surface area contributed by atoms with Gasteiger partial charge in [-0.2, -0.15) is 0 Å². The molecule has 1 aromatic rings. The Morgan fingerprint density at radius 1 is 1.45 bits per heavy atom. The quantitative estimate of drug-likeness (QED) is 0.699. The molecule has 1 aliphatic rings. The number of hydrogen-bond donors (Lipinski definition) is 0. The van der Waals surface area contributed by atoms with Crippen LogP contribution in [0.1, 0.15) is 24.3 Å². The van der Waals surface area contributed by atoms with Gasteiger partial charge in [-0.05, 0) is 24.3 Å². The van der Waals surface area contributed by atoms with E-state index in [0.29, 0.717) is 5.92 Å². The summed E-state index contributed by atoms with van der Waals surface area (Å²) in [5, 5.41) is 0. The van der Waals surface area contributed by atoms with E-state index in [1.165, 1.54) is 22.0 Å². The summed E-state index contributed by atoms with van der Waals surface area (Å²) in [5.74, 6) is 0.708. The van der Waals surface area contributed by atoms with Crippen molar-refractivity contribution in [2.75, 3.05) is 0 Å². The smallest absolute Gasteiger partial charge is 0.260 e. The molecule has 1 fully saturated rings. The maximum Gasteiger partial charge on any atom is 0.260 e. The van der Waals surface area contributed by atoms with Crippen LogP contribution in [-0.2, 0) is 0 Å². The van der Waals surface area contributed by atoms with Crippen LogP contribution in [0.4, 0.5) is 0 Å². The SMILES string of the molecule is O=c1ccc(C2CC2)cn1Br. The molecule has 0 bridgehead atoms. The Hall–Kier alpha value is -0.570. The molecule has 1 heterocycles. The average molecular weight is 214 g/mol. The number of aromatic nitrogens is 1. The molecular weight excluding hydrogens is 206 g/mol. The fourth-order valence-electron chi connectivity index (χ4n) is 1.13. The van der Waals surface area contributed by atoms with E-state index in [9.17, 15) is 4.79 Å². The second-order valence-electron chi connectivity index (χ2n) is 2.89. The minimum atomic E-state index is -0.00519. The highest BCUT2D eigenvalue weighted by atomic mass is 79.9. The Balaban J connectivity index is 2.44. The van der Waals surface area contributed by atoms with Crippen LogP contribution in [0.3, 0.4) is 0 Å². The van der Waals surface area contributed by atoms with Crippen molar-refractivity contribution < 1.29 is 0 Å². The zero-order chi connectivity index (χ0) is 7.84. The second-order valence-corrected chi connectivity index (χ2v) is 3.65. The Labute approximate surface area is 73.2 Å². The van der Waals surface area contributed by atoms with E-state index in [1.54, 1.807) is 6.07 Å². The molecule has 11 heavy (non-hydrogen) atoms. The number of rotatable bonds is 1. The first-order valence-corrected chi connectivity index (χ1v) is 4.37. The molecule has 0 amide bonds. The minimum absolute atomic E-state index is 0.00519. The monoisotopic (exact) mass is 213 g/mol. The molecule has 0 spiro atoms. The number of hydrogen-bond acceptors (Lipinski definition) is 1. The van der Waals surface area contributed by atoms with E-state index in [2.05, 4.69) is 16.1 Å². The fourth-order valence-corrected chi connectivity index (χ4v) is 1.49. The van der Waals surface area contributed by atoms with Crippen molar-refractivity contribution in [1.82, 2.24) is 3.59 Å². The van der Waals surface area contributed by atoms with Gasteiger partial charge < -0.3 is 0 Å². The average Bonchev–Trinajstić information content (AvgIpc) is 2.77. The molecule has 1 aromatic heterocycles. The van der Waals surface area contributed by atoms with E-state index < -0.39 is 0 Å². The normalized spacial score (nSPS) is 16.8. The van der Waals surface area contributed by atoms with Crippen LogP contribution in [0.2, 0.25) is 0 Å². The fraction of sp³-hybridized carbons (Fsp3) is 0.375. The van der Waals surface area contributed by atoms with E-state index in [4.69, 9.17) is 0 Å². The van der Waals surface area contributed by atoms with Crippen LogP contribution >= 0.6 is 16.1 Å². The number of nitrogens with zero attached hydrogens (tertiary/aromatic N) is 1. The molecule has 2 nitrogen and oxygen atoms in total. The molecule has 0 aliphatic heterocycles. The third-order valence-electron chi connectivity index (χ3n) is 1.94. The van der Waals surface area contributed by atoms with Crippen LogP contribution in [0.25, 0.3) is 0 Å².